The molecule has 0 aliphatic rings. The first kappa shape index (κ1) is 13.5. The first-order chi connectivity index (χ1) is 7.91. The van der Waals surface area contributed by atoms with Gasteiger partial charge in [0.25, 0.3) is 0 Å². The first-order valence-corrected chi connectivity index (χ1v) is 5.63. The van der Waals surface area contributed by atoms with E-state index in [0.717, 1.165) is 11.1 Å². The van der Waals surface area contributed by atoms with Crippen molar-refractivity contribution in [3.63, 3.8) is 0 Å². The van der Waals surface area contributed by atoms with Gasteiger partial charge in [0, 0.05) is 0 Å². The molecule has 1 aromatic rings. The Kier molecular flexibility index (Phi) is 4.52. The zero-order valence-electron chi connectivity index (χ0n) is 10.4. The summed E-state index contributed by atoms with van der Waals surface area (Å²) in [5.41, 5.74) is 7.53. The number of rotatable bonds is 5. The summed E-state index contributed by atoms with van der Waals surface area (Å²) in [5, 5.41) is 8.67. The topological polar surface area (TPSA) is 72.5 Å². The van der Waals surface area contributed by atoms with E-state index in [4.69, 9.17) is 15.6 Å². The summed E-state index contributed by atoms with van der Waals surface area (Å²) in [6, 6.07) is 4.97. The molecular formula is C13H19NO3. The smallest absolute Gasteiger partial charge is 0.324 e. The fraction of sp³-hybridized carbons (Fsp3) is 0.462. The van der Waals surface area contributed by atoms with Crippen LogP contribution in [0, 0.1) is 6.92 Å². The fourth-order valence-electron chi connectivity index (χ4n) is 1.38. The van der Waals surface area contributed by atoms with Crippen LogP contribution in [0.25, 0.3) is 0 Å². The van der Waals surface area contributed by atoms with E-state index in [1.807, 2.05) is 25.1 Å². The second-order valence-electron chi connectivity index (χ2n) is 4.44. The number of hydrogen-bond acceptors (Lipinski definition) is 3. The van der Waals surface area contributed by atoms with E-state index in [1.54, 1.807) is 0 Å². The van der Waals surface area contributed by atoms with Crippen molar-refractivity contribution in [2.24, 2.45) is 5.73 Å². The first-order valence-electron chi connectivity index (χ1n) is 5.63. The van der Waals surface area contributed by atoms with Gasteiger partial charge in [0.2, 0.25) is 0 Å². The van der Waals surface area contributed by atoms with Gasteiger partial charge in [0.05, 0.1) is 0 Å². The molecule has 1 atom stereocenters. The number of benzene rings is 1. The summed E-state index contributed by atoms with van der Waals surface area (Å²) in [4.78, 5) is 10.6. The van der Waals surface area contributed by atoms with E-state index in [9.17, 15) is 4.79 Å². The molecule has 0 radical (unpaired) electrons. The molecule has 0 saturated carbocycles. The lowest BCUT2D eigenvalue weighted by Gasteiger charge is -2.14. The van der Waals surface area contributed by atoms with Gasteiger partial charge in [0.1, 0.15) is 18.4 Å². The highest BCUT2D eigenvalue weighted by molar-refractivity contribution is 5.73. The van der Waals surface area contributed by atoms with E-state index in [0.29, 0.717) is 11.7 Å². The molecule has 0 fully saturated rings. The Hall–Kier alpha value is -1.55. The van der Waals surface area contributed by atoms with Crippen LogP contribution in [0.1, 0.15) is 30.9 Å². The van der Waals surface area contributed by atoms with Crippen molar-refractivity contribution in [3.8, 4) is 5.75 Å². The number of aryl methyl sites for hydroxylation is 1. The van der Waals surface area contributed by atoms with Crippen LogP contribution < -0.4 is 10.5 Å². The lowest BCUT2D eigenvalue weighted by Crippen LogP contribution is -2.36. The molecule has 0 saturated heterocycles. The predicted molar refractivity (Wildman–Crippen MR) is 66.4 cm³/mol. The Morgan fingerprint density at radius 2 is 2.12 bits per heavy atom. The standard InChI is InChI=1S/C13H19NO3/c1-8(2)10-5-4-9(3)12(6-10)17-7-11(14)13(15)16/h4-6,8,11H,7,14H2,1-3H3,(H,15,16). The molecule has 0 spiro atoms. The Morgan fingerprint density at radius 3 is 2.65 bits per heavy atom. The van der Waals surface area contributed by atoms with Gasteiger partial charge in [-0.25, -0.2) is 0 Å². The van der Waals surface area contributed by atoms with Gasteiger partial charge in [-0.3, -0.25) is 4.79 Å². The Morgan fingerprint density at radius 1 is 1.47 bits per heavy atom. The summed E-state index contributed by atoms with van der Waals surface area (Å²) in [5.74, 6) is 0.0571. The predicted octanol–water partition coefficient (Wildman–Crippen LogP) is 1.91. The average Bonchev–Trinajstić information content (AvgIpc) is 2.26. The molecule has 0 aromatic heterocycles. The minimum absolute atomic E-state index is 0.0161. The van der Waals surface area contributed by atoms with Crippen molar-refractivity contribution in [1.82, 2.24) is 0 Å². The van der Waals surface area contributed by atoms with Crippen molar-refractivity contribution < 1.29 is 14.6 Å². The van der Waals surface area contributed by atoms with Crippen molar-refractivity contribution in [3.05, 3.63) is 29.3 Å². The van der Waals surface area contributed by atoms with E-state index < -0.39 is 12.0 Å². The third-order valence-electron chi connectivity index (χ3n) is 2.61. The molecule has 0 aliphatic heterocycles. The van der Waals surface area contributed by atoms with Crippen LogP contribution in [0.4, 0.5) is 0 Å². The number of nitrogens with two attached hydrogens (primary N) is 1. The Balaban J connectivity index is 2.76. The van der Waals surface area contributed by atoms with Crippen LogP contribution in [-0.2, 0) is 4.79 Å². The highest BCUT2D eigenvalue weighted by Gasteiger charge is 2.13. The van der Waals surface area contributed by atoms with Crippen molar-refractivity contribution in [2.45, 2.75) is 32.7 Å². The second-order valence-corrected chi connectivity index (χ2v) is 4.44. The highest BCUT2D eigenvalue weighted by atomic mass is 16.5. The number of carboxylic acids is 1. The maximum absolute atomic E-state index is 10.6. The molecule has 94 valence electrons. The lowest BCUT2D eigenvalue weighted by molar-refractivity contribution is -0.139. The molecule has 17 heavy (non-hydrogen) atoms. The summed E-state index contributed by atoms with van der Waals surface area (Å²) < 4.78 is 5.44. The van der Waals surface area contributed by atoms with Gasteiger partial charge >= 0.3 is 5.97 Å². The molecule has 0 bridgehead atoms. The van der Waals surface area contributed by atoms with Crippen LogP contribution >= 0.6 is 0 Å². The Bertz CT molecular complexity index is 402. The van der Waals surface area contributed by atoms with E-state index in [2.05, 4.69) is 13.8 Å². The largest absolute Gasteiger partial charge is 0.491 e. The van der Waals surface area contributed by atoms with Gasteiger partial charge in [0.15, 0.2) is 0 Å². The molecule has 0 amide bonds. The number of carboxylic acid groups (broad SMARTS) is 1. The molecule has 1 unspecified atom stereocenters. The normalized spacial score (nSPS) is 12.5. The molecule has 0 heterocycles. The van der Waals surface area contributed by atoms with Gasteiger partial charge in [-0.2, -0.15) is 0 Å². The lowest BCUT2D eigenvalue weighted by atomic mass is 10.0. The van der Waals surface area contributed by atoms with Crippen molar-refractivity contribution in [1.29, 1.82) is 0 Å². The van der Waals surface area contributed by atoms with E-state index in [-0.39, 0.29) is 6.61 Å². The molecule has 1 aromatic carbocycles. The van der Waals surface area contributed by atoms with Crippen LogP contribution in [0.3, 0.4) is 0 Å². The number of aliphatic carboxylic acids is 1. The minimum Gasteiger partial charge on any atom is -0.491 e. The second kappa shape index (κ2) is 5.68. The van der Waals surface area contributed by atoms with Gasteiger partial charge in [-0.1, -0.05) is 26.0 Å². The highest BCUT2D eigenvalue weighted by Crippen LogP contribution is 2.24. The number of carbonyl (C=O) groups is 1. The summed E-state index contributed by atoms with van der Waals surface area (Å²) in [6.45, 7) is 6.10. The quantitative estimate of drug-likeness (QED) is 0.820. The van der Waals surface area contributed by atoms with Crippen LogP contribution in [0.2, 0.25) is 0 Å². The minimum atomic E-state index is -1.05. The van der Waals surface area contributed by atoms with Crippen LogP contribution in [0.15, 0.2) is 18.2 Å². The zero-order valence-corrected chi connectivity index (χ0v) is 10.4. The zero-order chi connectivity index (χ0) is 13.0. The van der Waals surface area contributed by atoms with Gasteiger partial charge in [-0.05, 0) is 30.0 Å². The molecule has 1 rings (SSSR count). The summed E-state index contributed by atoms with van der Waals surface area (Å²) in [6.07, 6.45) is 0. The maximum Gasteiger partial charge on any atom is 0.324 e. The summed E-state index contributed by atoms with van der Waals surface area (Å²) in [7, 11) is 0. The molecular weight excluding hydrogens is 218 g/mol. The van der Waals surface area contributed by atoms with Gasteiger partial charge < -0.3 is 15.6 Å². The SMILES string of the molecule is Cc1ccc(C(C)C)cc1OCC(N)C(=O)O. The maximum atomic E-state index is 10.6. The number of ether oxygens (including phenoxy) is 1. The molecule has 3 N–H and O–H groups in total. The van der Waals surface area contributed by atoms with E-state index >= 15 is 0 Å². The monoisotopic (exact) mass is 237 g/mol. The molecule has 4 heteroatoms. The summed E-state index contributed by atoms with van der Waals surface area (Å²) >= 11 is 0. The third-order valence-corrected chi connectivity index (χ3v) is 2.61. The van der Waals surface area contributed by atoms with Crippen molar-refractivity contribution in [2.75, 3.05) is 6.61 Å². The molecule has 4 nitrogen and oxygen atoms in total. The number of hydrogen-bond donors (Lipinski definition) is 2. The average molecular weight is 237 g/mol. The van der Waals surface area contributed by atoms with Gasteiger partial charge in [-0.15, -0.1) is 0 Å². The fourth-order valence-corrected chi connectivity index (χ4v) is 1.38. The van der Waals surface area contributed by atoms with Crippen LogP contribution in [0.5, 0.6) is 5.75 Å². The Labute approximate surface area is 101 Å². The van der Waals surface area contributed by atoms with E-state index in [1.165, 1.54) is 0 Å². The third kappa shape index (κ3) is 3.75. The molecule has 0 aliphatic carbocycles. The van der Waals surface area contributed by atoms with Crippen molar-refractivity contribution >= 4 is 5.97 Å². The van der Waals surface area contributed by atoms with Crippen LogP contribution in [-0.4, -0.2) is 23.7 Å².